The van der Waals surface area contributed by atoms with Crippen molar-refractivity contribution in [3.8, 4) is 0 Å². The summed E-state index contributed by atoms with van der Waals surface area (Å²) in [6.45, 7) is 0.953. The number of aromatic nitrogens is 1. The number of fused-ring (bicyclic) bond motifs is 1. The van der Waals surface area contributed by atoms with E-state index in [1.54, 1.807) is 12.3 Å². The van der Waals surface area contributed by atoms with Crippen LogP contribution in [0.25, 0.3) is 0 Å². The number of nitrogens with one attached hydrogen (secondary N) is 2. The summed E-state index contributed by atoms with van der Waals surface area (Å²) in [4.78, 5) is 4.03. The maximum atomic E-state index is 12.0. The molecule has 1 atom stereocenters. The van der Waals surface area contributed by atoms with Crippen molar-refractivity contribution in [2.45, 2.75) is 23.8 Å². The zero-order valence-electron chi connectivity index (χ0n) is 12.2. The lowest BCUT2D eigenvalue weighted by atomic mass is 10.1. The van der Waals surface area contributed by atoms with Gasteiger partial charge in [-0.1, -0.05) is 24.3 Å². The van der Waals surface area contributed by atoms with Crippen LogP contribution in [-0.2, 0) is 16.4 Å². The van der Waals surface area contributed by atoms with E-state index in [4.69, 9.17) is 0 Å². The molecule has 0 aliphatic heterocycles. The van der Waals surface area contributed by atoms with E-state index in [1.807, 2.05) is 6.07 Å². The molecule has 0 radical (unpaired) electrons. The third-order valence-corrected chi connectivity index (χ3v) is 5.33. The first kappa shape index (κ1) is 15.1. The molecule has 0 bridgehead atoms. The molecule has 1 aliphatic carbocycles. The molecule has 0 fully saturated rings. The van der Waals surface area contributed by atoms with Crippen molar-refractivity contribution in [2.24, 2.45) is 0 Å². The highest BCUT2D eigenvalue weighted by Gasteiger charge is 2.21. The molecule has 0 spiro atoms. The van der Waals surface area contributed by atoms with Crippen molar-refractivity contribution in [2.75, 3.05) is 13.1 Å². The molecule has 2 N–H and O–H groups in total. The topological polar surface area (TPSA) is 71.1 Å². The Hall–Kier alpha value is -1.76. The van der Waals surface area contributed by atoms with E-state index < -0.39 is 10.0 Å². The number of aryl methyl sites for hydroxylation is 1. The molecule has 0 saturated carbocycles. The van der Waals surface area contributed by atoms with Crippen LogP contribution in [0, 0.1) is 0 Å². The van der Waals surface area contributed by atoms with E-state index in [0.717, 1.165) is 12.8 Å². The summed E-state index contributed by atoms with van der Waals surface area (Å²) >= 11 is 0. The van der Waals surface area contributed by atoms with Gasteiger partial charge in [-0.05, 0) is 36.1 Å². The molecule has 5 nitrogen and oxygen atoms in total. The Kier molecular flexibility index (Phi) is 4.52. The number of hydrogen-bond acceptors (Lipinski definition) is 4. The summed E-state index contributed by atoms with van der Waals surface area (Å²) in [6, 6.07) is 11.9. The van der Waals surface area contributed by atoms with E-state index in [-0.39, 0.29) is 4.90 Å². The van der Waals surface area contributed by atoms with E-state index in [2.05, 4.69) is 33.2 Å². The molecule has 0 unspecified atom stereocenters. The van der Waals surface area contributed by atoms with Crippen LogP contribution in [0.5, 0.6) is 0 Å². The highest BCUT2D eigenvalue weighted by atomic mass is 32.2. The van der Waals surface area contributed by atoms with Crippen LogP contribution in [0.1, 0.15) is 23.6 Å². The summed E-state index contributed by atoms with van der Waals surface area (Å²) in [5.74, 6) is 0. The van der Waals surface area contributed by atoms with Gasteiger partial charge in [0.15, 0.2) is 0 Å². The highest BCUT2D eigenvalue weighted by Crippen LogP contribution is 2.30. The van der Waals surface area contributed by atoms with E-state index >= 15 is 0 Å². The van der Waals surface area contributed by atoms with Crippen molar-refractivity contribution < 1.29 is 8.42 Å². The van der Waals surface area contributed by atoms with Crippen molar-refractivity contribution in [1.82, 2.24) is 15.0 Å². The van der Waals surface area contributed by atoms with E-state index in [1.165, 1.54) is 23.4 Å². The Bertz CT molecular complexity index is 732. The van der Waals surface area contributed by atoms with Crippen molar-refractivity contribution in [3.63, 3.8) is 0 Å². The Morgan fingerprint density at radius 1 is 1.14 bits per heavy atom. The highest BCUT2D eigenvalue weighted by molar-refractivity contribution is 7.89. The van der Waals surface area contributed by atoms with Gasteiger partial charge < -0.3 is 5.32 Å². The lowest BCUT2D eigenvalue weighted by Crippen LogP contribution is -2.33. The molecule has 1 heterocycles. The average Bonchev–Trinajstić information content (AvgIpc) is 2.96. The summed E-state index contributed by atoms with van der Waals surface area (Å²) in [6.07, 6.45) is 5.05. The minimum atomic E-state index is -3.47. The van der Waals surface area contributed by atoms with Gasteiger partial charge in [-0.3, -0.25) is 4.98 Å². The first-order chi connectivity index (χ1) is 10.7. The maximum absolute atomic E-state index is 12.0. The summed E-state index contributed by atoms with van der Waals surface area (Å²) in [5.41, 5.74) is 2.72. The van der Waals surface area contributed by atoms with Gasteiger partial charge >= 0.3 is 0 Å². The molecular weight excluding hydrogens is 298 g/mol. The smallest absolute Gasteiger partial charge is 0.242 e. The average molecular weight is 317 g/mol. The van der Waals surface area contributed by atoms with E-state index in [0.29, 0.717) is 19.1 Å². The Balaban J connectivity index is 1.51. The van der Waals surface area contributed by atoms with Gasteiger partial charge in [-0.2, -0.15) is 0 Å². The lowest BCUT2D eigenvalue weighted by Gasteiger charge is -2.14. The monoisotopic (exact) mass is 317 g/mol. The zero-order chi connectivity index (χ0) is 15.4. The predicted molar refractivity (Wildman–Crippen MR) is 84.9 cm³/mol. The van der Waals surface area contributed by atoms with Crippen LogP contribution in [0.4, 0.5) is 0 Å². The normalized spacial score (nSPS) is 17.4. The fourth-order valence-corrected chi connectivity index (χ4v) is 3.79. The Morgan fingerprint density at radius 3 is 2.82 bits per heavy atom. The molecule has 2 aromatic rings. The summed E-state index contributed by atoms with van der Waals surface area (Å²) in [5, 5.41) is 3.42. The zero-order valence-corrected chi connectivity index (χ0v) is 13.0. The van der Waals surface area contributed by atoms with Gasteiger partial charge in [0.1, 0.15) is 4.90 Å². The second-order valence-corrected chi connectivity index (χ2v) is 7.10. The minimum Gasteiger partial charge on any atom is -0.309 e. The maximum Gasteiger partial charge on any atom is 0.242 e. The number of pyridine rings is 1. The van der Waals surface area contributed by atoms with Crippen LogP contribution in [0.3, 0.4) is 0 Å². The van der Waals surface area contributed by atoms with Crippen LogP contribution >= 0.6 is 0 Å². The minimum absolute atomic E-state index is 0.196. The molecular formula is C16H19N3O2S. The second kappa shape index (κ2) is 6.56. The van der Waals surface area contributed by atoms with Crippen LogP contribution < -0.4 is 10.0 Å². The van der Waals surface area contributed by atoms with Crippen LogP contribution in [-0.4, -0.2) is 26.5 Å². The molecule has 0 saturated heterocycles. The lowest BCUT2D eigenvalue weighted by molar-refractivity contribution is 0.525. The van der Waals surface area contributed by atoms with Crippen molar-refractivity contribution in [3.05, 3.63) is 59.9 Å². The predicted octanol–water partition coefficient (Wildman–Crippen LogP) is 1.64. The number of benzene rings is 1. The fraction of sp³-hybridized carbons (Fsp3) is 0.312. The first-order valence-electron chi connectivity index (χ1n) is 7.38. The molecule has 22 heavy (non-hydrogen) atoms. The largest absolute Gasteiger partial charge is 0.309 e. The molecule has 1 aliphatic rings. The molecule has 3 rings (SSSR count). The molecule has 1 aromatic heterocycles. The third-order valence-electron chi connectivity index (χ3n) is 3.89. The molecule has 1 aromatic carbocycles. The number of nitrogens with zero attached hydrogens (tertiary/aromatic N) is 1. The summed E-state index contributed by atoms with van der Waals surface area (Å²) < 4.78 is 26.7. The number of rotatable bonds is 6. The van der Waals surface area contributed by atoms with Gasteiger partial charge in [0.05, 0.1) is 0 Å². The molecule has 0 amide bonds. The Morgan fingerprint density at radius 2 is 2.00 bits per heavy atom. The fourth-order valence-electron chi connectivity index (χ4n) is 2.79. The van der Waals surface area contributed by atoms with Gasteiger partial charge in [0.2, 0.25) is 10.0 Å². The number of sulfonamides is 1. The third kappa shape index (κ3) is 3.35. The molecule has 116 valence electrons. The quantitative estimate of drug-likeness (QED) is 0.795. The first-order valence-corrected chi connectivity index (χ1v) is 8.86. The van der Waals surface area contributed by atoms with E-state index in [9.17, 15) is 8.42 Å². The van der Waals surface area contributed by atoms with Gasteiger partial charge in [0, 0.05) is 31.5 Å². The molecule has 6 heteroatoms. The van der Waals surface area contributed by atoms with Crippen molar-refractivity contribution in [1.29, 1.82) is 0 Å². The standard InChI is InChI=1S/C16H19N3O2S/c20-22(21,14-5-3-9-17-12-14)19-11-10-18-16-8-7-13-4-1-2-6-15(13)16/h1-6,9,12,16,18-19H,7-8,10-11H2/t16-/m0/s1. The summed E-state index contributed by atoms with van der Waals surface area (Å²) in [7, 11) is -3.47. The van der Waals surface area contributed by atoms with Crippen LogP contribution in [0.2, 0.25) is 0 Å². The second-order valence-electron chi connectivity index (χ2n) is 5.33. The van der Waals surface area contributed by atoms with Crippen molar-refractivity contribution >= 4 is 10.0 Å². The number of hydrogen-bond donors (Lipinski definition) is 2. The Labute approximate surface area is 130 Å². The van der Waals surface area contributed by atoms with Gasteiger partial charge in [0.25, 0.3) is 0 Å². The van der Waals surface area contributed by atoms with Crippen LogP contribution in [0.15, 0.2) is 53.7 Å². The van der Waals surface area contributed by atoms with Gasteiger partial charge in [-0.25, -0.2) is 13.1 Å². The van der Waals surface area contributed by atoms with Gasteiger partial charge in [-0.15, -0.1) is 0 Å². The SMILES string of the molecule is O=S(=O)(NCCN[C@H]1CCc2ccccc21)c1cccnc1.